The van der Waals surface area contributed by atoms with E-state index in [-0.39, 0.29) is 0 Å². The summed E-state index contributed by atoms with van der Waals surface area (Å²) in [5.41, 5.74) is 0.504. The van der Waals surface area contributed by atoms with E-state index < -0.39 is 17.0 Å². The zero-order valence-corrected chi connectivity index (χ0v) is 11.6. The van der Waals surface area contributed by atoms with Crippen LogP contribution >= 0.6 is 0 Å². The fraction of sp³-hybridized carbons (Fsp3) is 0.562. The second-order valence-corrected chi connectivity index (χ2v) is 5.82. The van der Waals surface area contributed by atoms with Crippen LogP contribution in [0.1, 0.15) is 44.2 Å². The monoisotopic (exact) mass is 262 g/mol. The highest BCUT2D eigenvalue weighted by molar-refractivity contribution is 5.77. The molecule has 104 valence electrons. The molecule has 1 aromatic rings. The van der Waals surface area contributed by atoms with Crippen molar-refractivity contribution in [3.63, 3.8) is 0 Å². The molecule has 0 bridgehead atoms. The number of carboxylic acid groups (broad SMARTS) is 1. The minimum absolute atomic E-state index is 0.330. The SMILES string of the molecule is CCC(O)(CC)CC1(C(=O)O)Cc2ccccc2C1. The van der Waals surface area contributed by atoms with Gasteiger partial charge in [0.15, 0.2) is 0 Å². The second kappa shape index (κ2) is 4.97. The van der Waals surface area contributed by atoms with Gasteiger partial charge in [0, 0.05) is 0 Å². The molecular formula is C16H22O3. The molecule has 3 nitrogen and oxygen atoms in total. The molecule has 0 spiro atoms. The lowest BCUT2D eigenvalue weighted by molar-refractivity contribution is -0.153. The van der Waals surface area contributed by atoms with Gasteiger partial charge in [-0.15, -0.1) is 0 Å². The van der Waals surface area contributed by atoms with Crippen LogP contribution in [-0.4, -0.2) is 21.8 Å². The molecule has 0 radical (unpaired) electrons. The molecule has 1 aliphatic carbocycles. The van der Waals surface area contributed by atoms with Gasteiger partial charge in [0.1, 0.15) is 0 Å². The van der Waals surface area contributed by atoms with Gasteiger partial charge in [-0.1, -0.05) is 38.1 Å². The van der Waals surface area contributed by atoms with Gasteiger partial charge in [-0.3, -0.25) is 4.79 Å². The average molecular weight is 262 g/mol. The Morgan fingerprint density at radius 3 is 2.05 bits per heavy atom. The van der Waals surface area contributed by atoms with E-state index in [9.17, 15) is 15.0 Å². The quantitative estimate of drug-likeness (QED) is 0.858. The van der Waals surface area contributed by atoms with Gasteiger partial charge < -0.3 is 10.2 Å². The molecule has 0 saturated carbocycles. The van der Waals surface area contributed by atoms with E-state index in [1.165, 1.54) is 0 Å². The Balaban J connectivity index is 2.31. The lowest BCUT2D eigenvalue weighted by Gasteiger charge is -2.34. The van der Waals surface area contributed by atoms with Crippen LogP contribution in [0, 0.1) is 5.41 Å². The molecule has 0 amide bonds. The van der Waals surface area contributed by atoms with Crippen LogP contribution in [0.3, 0.4) is 0 Å². The summed E-state index contributed by atoms with van der Waals surface area (Å²) in [6, 6.07) is 7.89. The van der Waals surface area contributed by atoms with Crippen molar-refractivity contribution in [3.8, 4) is 0 Å². The zero-order chi connectivity index (χ0) is 14.1. The van der Waals surface area contributed by atoms with Crippen LogP contribution in [-0.2, 0) is 17.6 Å². The van der Waals surface area contributed by atoms with Crippen LogP contribution in [0.4, 0.5) is 0 Å². The lowest BCUT2D eigenvalue weighted by Crippen LogP contribution is -2.42. The van der Waals surface area contributed by atoms with Crippen molar-refractivity contribution in [2.24, 2.45) is 5.41 Å². The fourth-order valence-corrected chi connectivity index (χ4v) is 3.18. The summed E-state index contributed by atoms with van der Waals surface area (Å²) in [5, 5.41) is 20.2. The van der Waals surface area contributed by atoms with E-state index in [1.54, 1.807) is 0 Å². The number of aliphatic hydroxyl groups is 1. The maximum Gasteiger partial charge on any atom is 0.310 e. The molecule has 0 atom stereocenters. The number of rotatable bonds is 5. The molecule has 0 unspecified atom stereocenters. The molecular weight excluding hydrogens is 240 g/mol. The van der Waals surface area contributed by atoms with E-state index in [0.29, 0.717) is 32.1 Å². The molecule has 2 rings (SSSR count). The summed E-state index contributed by atoms with van der Waals surface area (Å²) < 4.78 is 0. The van der Waals surface area contributed by atoms with Crippen LogP contribution in [0.15, 0.2) is 24.3 Å². The topological polar surface area (TPSA) is 57.5 Å². The Morgan fingerprint density at radius 2 is 1.68 bits per heavy atom. The van der Waals surface area contributed by atoms with Gasteiger partial charge in [-0.2, -0.15) is 0 Å². The third kappa shape index (κ3) is 2.52. The Labute approximate surface area is 114 Å². The lowest BCUT2D eigenvalue weighted by atomic mass is 9.73. The normalized spacial score (nSPS) is 17.2. The van der Waals surface area contributed by atoms with Crippen molar-refractivity contribution in [3.05, 3.63) is 35.4 Å². The highest BCUT2D eigenvalue weighted by atomic mass is 16.4. The molecule has 1 aromatic carbocycles. The summed E-state index contributed by atoms with van der Waals surface area (Å²) in [7, 11) is 0. The van der Waals surface area contributed by atoms with Crippen LogP contribution in [0.2, 0.25) is 0 Å². The smallest absolute Gasteiger partial charge is 0.310 e. The third-order valence-corrected chi connectivity index (χ3v) is 4.61. The fourth-order valence-electron chi connectivity index (χ4n) is 3.18. The molecule has 1 aliphatic rings. The number of hydrogen-bond donors (Lipinski definition) is 2. The molecule has 3 heteroatoms. The Morgan fingerprint density at radius 1 is 1.21 bits per heavy atom. The molecule has 0 fully saturated rings. The van der Waals surface area contributed by atoms with Gasteiger partial charge in [0.05, 0.1) is 11.0 Å². The van der Waals surface area contributed by atoms with Crippen molar-refractivity contribution < 1.29 is 15.0 Å². The number of fused-ring (bicyclic) bond motifs is 1. The average Bonchev–Trinajstić information content (AvgIpc) is 2.77. The number of benzene rings is 1. The van der Waals surface area contributed by atoms with Crippen molar-refractivity contribution in [1.29, 1.82) is 0 Å². The molecule has 0 heterocycles. The van der Waals surface area contributed by atoms with Gasteiger partial charge in [0.2, 0.25) is 0 Å². The summed E-state index contributed by atoms with van der Waals surface area (Å²) in [6.45, 7) is 3.84. The molecule has 0 aromatic heterocycles. The van der Waals surface area contributed by atoms with Crippen molar-refractivity contribution in [2.45, 2.75) is 51.6 Å². The van der Waals surface area contributed by atoms with Gasteiger partial charge >= 0.3 is 5.97 Å². The van der Waals surface area contributed by atoms with Crippen molar-refractivity contribution in [1.82, 2.24) is 0 Å². The number of aliphatic carboxylic acids is 1. The number of carbonyl (C=O) groups is 1. The second-order valence-electron chi connectivity index (χ2n) is 5.82. The largest absolute Gasteiger partial charge is 0.481 e. The Kier molecular flexibility index (Phi) is 3.68. The van der Waals surface area contributed by atoms with Gasteiger partial charge in [0.25, 0.3) is 0 Å². The molecule has 0 aliphatic heterocycles. The summed E-state index contributed by atoms with van der Waals surface area (Å²) in [4.78, 5) is 11.8. The van der Waals surface area contributed by atoms with E-state index in [4.69, 9.17) is 0 Å². The number of carboxylic acids is 1. The predicted octanol–water partition coefficient (Wildman–Crippen LogP) is 2.80. The standard InChI is InChI=1S/C16H22O3/c1-3-16(19,4-2)11-15(14(17)18)9-12-7-5-6-8-13(12)10-15/h5-8,19H,3-4,9-11H2,1-2H3,(H,17,18). The van der Waals surface area contributed by atoms with Gasteiger partial charge in [-0.05, 0) is 43.2 Å². The third-order valence-electron chi connectivity index (χ3n) is 4.61. The van der Waals surface area contributed by atoms with E-state index in [0.717, 1.165) is 11.1 Å². The summed E-state index contributed by atoms with van der Waals surface area (Å²) in [5.74, 6) is -0.788. The molecule has 19 heavy (non-hydrogen) atoms. The van der Waals surface area contributed by atoms with Crippen LogP contribution in [0.5, 0.6) is 0 Å². The van der Waals surface area contributed by atoms with Crippen LogP contribution < -0.4 is 0 Å². The maximum absolute atomic E-state index is 11.8. The minimum Gasteiger partial charge on any atom is -0.481 e. The van der Waals surface area contributed by atoms with E-state index >= 15 is 0 Å². The van der Waals surface area contributed by atoms with Crippen molar-refractivity contribution in [2.75, 3.05) is 0 Å². The molecule has 2 N–H and O–H groups in total. The highest BCUT2D eigenvalue weighted by Gasteiger charge is 2.48. The number of hydrogen-bond acceptors (Lipinski definition) is 2. The Hall–Kier alpha value is -1.35. The predicted molar refractivity (Wildman–Crippen MR) is 74.1 cm³/mol. The van der Waals surface area contributed by atoms with E-state index in [1.807, 2.05) is 38.1 Å². The summed E-state index contributed by atoms with van der Waals surface area (Å²) >= 11 is 0. The Bertz CT molecular complexity index is 450. The first kappa shape index (κ1) is 14.1. The first-order valence-corrected chi connectivity index (χ1v) is 6.97. The highest BCUT2D eigenvalue weighted by Crippen LogP contribution is 2.44. The van der Waals surface area contributed by atoms with Gasteiger partial charge in [-0.25, -0.2) is 0 Å². The molecule has 0 saturated heterocycles. The first-order valence-electron chi connectivity index (χ1n) is 6.97. The minimum atomic E-state index is -0.875. The maximum atomic E-state index is 11.8. The van der Waals surface area contributed by atoms with Crippen molar-refractivity contribution >= 4 is 5.97 Å². The first-order chi connectivity index (χ1) is 8.95. The zero-order valence-electron chi connectivity index (χ0n) is 11.6. The van der Waals surface area contributed by atoms with E-state index in [2.05, 4.69) is 0 Å². The summed E-state index contributed by atoms with van der Waals surface area (Å²) in [6.07, 6.45) is 2.57. The van der Waals surface area contributed by atoms with Crippen LogP contribution in [0.25, 0.3) is 0 Å².